The van der Waals surface area contributed by atoms with Gasteiger partial charge in [0.15, 0.2) is 5.96 Å². The second-order valence-electron chi connectivity index (χ2n) is 5.41. The van der Waals surface area contributed by atoms with Gasteiger partial charge in [-0.1, -0.05) is 23.7 Å². The van der Waals surface area contributed by atoms with Gasteiger partial charge in [0.05, 0.1) is 14.2 Å². The standard InChI is InChI=1S/C19H24ClN3O2.HI/c1-21-19(23-13-14-4-6-16(20)7-5-14)22-11-10-15-12-17(24-2)8-9-18(15)25-3;/h4-9,12H,10-11,13H2,1-3H3,(H2,21,22,23);1H. The lowest BCUT2D eigenvalue weighted by molar-refractivity contribution is 0.398. The molecule has 5 nitrogen and oxygen atoms in total. The Hall–Kier alpha value is -1.67. The van der Waals surface area contributed by atoms with E-state index in [4.69, 9.17) is 21.1 Å². The van der Waals surface area contributed by atoms with Crippen molar-refractivity contribution in [2.75, 3.05) is 27.8 Å². The number of methoxy groups -OCH3 is 2. The number of hydrogen-bond donors (Lipinski definition) is 2. The molecule has 0 unspecified atom stereocenters. The summed E-state index contributed by atoms with van der Waals surface area (Å²) in [5.74, 6) is 2.42. The maximum absolute atomic E-state index is 5.90. The number of guanidine groups is 1. The van der Waals surface area contributed by atoms with E-state index in [2.05, 4.69) is 15.6 Å². The van der Waals surface area contributed by atoms with Gasteiger partial charge in [-0.2, -0.15) is 0 Å². The maximum atomic E-state index is 5.90. The van der Waals surface area contributed by atoms with Crippen LogP contribution in [0.1, 0.15) is 11.1 Å². The maximum Gasteiger partial charge on any atom is 0.191 e. The van der Waals surface area contributed by atoms with E-state index in [0.717, 1.165) is 46.6 Å². The fraction of sp³-hybridized carbons (Fsp3) is 0.316. The van der Waals surface area contributed by atoms with Gasteiger partial charge in [-0.25, -0.2) is 0 Å². The predicted octanol–water partition coefficient (Wildman–Crippen LogP) is 3.88. The molecule has 0 aliphatic heterocycles. The van der Waals surface area contributed by atoms with Crippen LogP contribution < -0.4 is 20.1 Å². The van der Waals surface area contributed by atoms with Crippen LogP contribution in [0.25, 0.3) is 0 Å². The Kier molecular flexibility index (Phi) is 10.2. The third kappa shape index (κ3) is 6.92. The first-order chi connectivity index (χ1) is 12.2. The Morgan fingerprint density at radius 1 is 1.04 bits per heavy atom. The van der Waals surface area contributed by atoms with Crippen molar-refractivity contribution >= 4 is 41.5 Å². The van der Waals surface area contributed by atoms with Crippen molar-refractivity contribution in [1.29, 1.82) is 0 Å². The van der Waals surface area contributed by atoms with Crippen LogP contribution in [0.5, 0.6) is 11.5 Å². The Morgan fingerprint density at radius 2 is 1.77 bits per heavy atom. The summed E-state index contributed by atoms with van der Waals surface area (Å²) in [7, 11) is 5.08. The lowest BCUT2D eigenvalue weighted by Crippen LogP contribution is -2.37. The van der Waals surface area contributed by atoms with Gasteiger partial charge in [-0.3, -0.25) is 4.99 Å². The molecule has 0 aliphatic carbocycles. The quantitative estimate of drug-likeness (QED) is 0.352. The van der Waals surface area contributed by atoms with Crippen LogP contribution >= 0.6 is 35.6 Å². The highest BCUT2D eigenvalue weighted by atomic mass is 127. The zero-order valence-corrected chi connectivity index (χ0v) is 18.3. The van der Waals surface area contributed by atoms with Crippen molar-refractivity contribution in [3.8, 4) is 11.5 Å². The molecule has 2 N–H and O–H groups in total. The normalized spacial score (nSPS) is 10.7. The zero-order valence-electron chi connectivity index (χ0n) is 15.2. The summed E-state index contributed by atoms with van der Waals surface area (Å²) in [4.78, 5) is 4.24. The van der Waals surface area contributed by atoms with Crippen molar-refractivity contribution in [2.24, 2.45) is 4.99 Å². The largest absolute Gasteiger partial charge is 0.497 e. The zero-order chi connectivity index (χ0) is 18.1. The number of aliphatic imine (C=N–C) groups is 1. The molecule has 0 saturated heterocycles. The van der Waals surface area contributed by atoms with Gasteiger partial charge in [0.25, 0.3) is 0 Å². The summed E-state index contributed by atoms with van der Waals surface area (Å²) in [6, 6.07) is 13.5. The number of hydrogen-bond acceptors (Lipinski definition) is 3. The molecule has 2 aromatic rings. The first-order valence-corrected chi connectivity index (χ1v) is 8.44. The van der Waals surface area contributed by atoms with E-state index in [1.54, 1.807) is 21.3 Å². The van der Waals surface area contributed by atoms with Gasteiger partial charge in [-0.15, -0.1) is 24.0 Å². The molecule has 2 aromatic carbocycles. The number of ether oxygens (including phenoxy) is 2. The fourth-order valence-electron chi connectivity index (χ4n) is 2.40. The molecule has 0 saturated carbocycles. The molecule has 0 fully saturated rings. The van der Waals surface area contributed by atoms with E-state index in [1.165, 1.54) is 0 Å². The van der Waals surface area contributed by atoms with Crippen molar-refractivity contribution in [2.45, 2.75) is 13.0 Å². The molecule has 26 heavy (non-hydrogen) atoms. The van der Waals surface area contributed by atoms with E-state index >= 15 is 0 Å². The van der Waals surface area contributed by atoms with Crippen molar-refractivity contribution < 1.29 is 9.47 Å². The average molecular weight is 490 g/mol. The molecule has 0 amide bonds. The van der Waals surface area contributed by atoms with Crippen LogP contribution in [0.3, 0.4) is 0 Å². The lowest BCUT2D eigenvalue weighted by Gasteiger charge is -2.14. The predicted molar refractivity (Wildman–Crippen MR) is 118 cm³/mol. The summed E-state index contributed by atoms with van der Waals surface area (Å²) in [5.41, 5.74) is 2.23. The van der Waals surface area contributed by atoms with Crippen LogP contribution in [0.4, 0.5) is 0 Å². The fourth-order valence-corrected chi connectivity index (χ4v) is 2.53. The molecular formula is C19H25ClIN3O2. The highest BCUT2D eigenvalue weighted by molar-refractivity contribution is 14.0. The Bertz CT molecular complexity index is 708. The van der Waals surface area contributed by atoms with Gasteiger partial charge >= 0.3 is 0 Å². The second-order valence-corrected chi connectivity index (χ2v) is 5.84. The topological polar surface area (TPSA) is 54.9 Å². The lowest BCUT2D eigenvalue weighted by atomic mass is 10.1. The molecular weight excluding hydrogens is 465 g/mol. The Balaban J connectivity index is 0.00000338. The van der Waals surface area contributed by atoms with E-state index in [0.29, 0.717) is 6.54 Å². The minimum absolute atomic E-state index is 0. The molecule has 0 radical (unpaired) electrons. The molecule has 0 spiro atoms. The van der Waals surface area contributed by atoms with E-state index in [9.17, 15) is 0 Å². The molecule has 7 heteroatoms. The van der Waals surface area contributed by atoms with Crippen LogP contribution in [0.2, 0.25) is 5.02 Å². The van der Waals surface area contributed by atoms with Crippen molar-refractivity contribution in [3.05, 3.63) is 58.6 Å². The number of halogens is 2. The minimum atomic E-state index is 0. The van der Waals surface area contributed by atoms with Crippen molar-refractivity contribution in [1.82, 2.24) is 10.6 Å². The van der Waals surface area contributed by atoms with Gasteiger partial charge in [0, 0.05) is 25.2 Å². The molecule has 0 aromatic heterocycles. The second kappa shape index (κ2) is 11.9. The first kappa shape index (κ1) is 22.4. The van der Waals surface area contributed by atoms with Gasteiger partial charge in [0.1, 0.15) is 11.5 Å². The molecule has 0 atom stereocenters. The Morgan fingerprint density at radius 3 is 2.38 bits per heavy atom. The summed E-state index contributed by atoms with van der Waals surface area (Å²) >= 11 is 5.90. The summed E-state index contributed by atoms with van der Waals surface area (Å²) in [6.07, 6.45) is 0.794. The van der Waals surface area contributed by atoms with E-state index in [-0.39, 0.29) is 24.0 Å². The van der Waals surface area contributed by atoms with Crippen LogP contribution in [0.15, 0.2) is 47.5 Å². The number of benzene rings is 2. The third-order valence-electron chi connectivity index (χ3n) is 3.77. The first-order valence-electron chi connectivity index (χ1n) is 8.06. The van der Waals surface area contributed by atoms with Crippen LogP contribution in [0, 0.1) is 0 Å². The minimum Gasteiger partial charge on any atom is -0.497 e. The molecule has 0 heterocycles. The molecule has 2 rings (SSSR count). The van der Waals surface area contributed by atoms with E-state index < -0.39 is 0 Å². The monoisotopic (exact) mass is 489 g/mol. The van der Waals surface area contributed by atoms with Crippen molar-refractivity contribution in [3.63, 3.8) is 0 Å². The van der Waals surface area contributed by atoms with Gasteiger partial charge < -0.3 is 20.1 Å². The molecule has 142 valence electrons. The smallest absolute Gasteiger partial charge is 0.191 e. The Labute approximate surface area is 177 Å². The van der Waals surface area contributed by atoms with Crippen LogP contribution in [-0.2, 0) is 13.0 Å². The number of rotatable bonds is 7. The summed E-state index contributed by atoms with van der Waals surface area (Å²) in [5, 5.41) is 7.32. The number of nitrogens with zero attached hydrogens (tertiary/aromatic N) is 1. The SMILES string of the molecule is CN=C(NCCc1cc(OC)ccc1OC)NCc1ccc(Cl)cc1.I. The van der Waals surface area contributed by atoms with E-state index in [1.807, 2.05) is 42.5 Å². The van der Waals surface area contributed by atoms with Crippen LogP contribution in [-0.4, -0.2) is 33.8 Å². The summed E-state index contributed by atoms with van der Waals surface area (Å²) < 4.78 is 10.7. The molecule has 0 bridgehead atoms. The average Bonchev–Trinajstić information content (AvgIpc) is 2.65. The highest BCUT2D eigenvalue weighted by Gasteiger charge is 2.06. The highest BCUT2D eigenvalue weighted by Crippen LogP contribution is 2.24. The summed E-state index contributed by atoms with van der Waals surface area (Å²) in [6.45, 7) is 1.41. The third-order valence-corrected chi connectivity index (χ3v) is 4.02. The van der Waals surface area contributed by atoms with Gasteiger partial charge in [-0.05, 0) is 47.9 Å². The van der Waals surface area contributed by atoms with Gasteiger partial charge in [0.2, 0.25) is 0 Å². The number of nitrogens with one attached hydrogen (secondary N) is 2. The molecule has 0 aliphatic rings.